The molecule has 0 spiro atoms. The number of amides is 1. The molecule has 0 saturated carbocycles. The zero-order chi connectivity index (χ0) is 16.2. The Labute approximate surface area is 137 Å². The van der Waals surface area contributed by atoms with Gasteiger partial charge in [0, 0.05) is 32.7 Å². The molecule has 2 aliphatic rings. The molecule has 0 bridgehead atoms. The van der Waals surface area contributed by atoms with Crippen LogP contribution in [-0.2, 0) is 4.79 Å². The molecule has 126 valence electrons. The molecule has 2 heterocycles. The lowest BCUT2D eigenvalue weighted by Gasteiger charge is -2.42. The summed E-state index contributed by atoms with van der Waals surface area (Å²) < 4.78 is 5.46. The topological polar surface area (TPSA) is 70.8 Å². The van der Waals surface area contributed by atoms with Crippen LogP contribution in [0.2, 0.25) is 0 Å². The summed E-state index contributed by atoms with van der Waals surface area (Å²) in [6.07, 6.45) is 2.24. The molecule has 0 radical (unpaired) electrons. The summed E-state index contributed by atoms with van der Waals surface area (Å²) in [7, 11) is 1.72. The fourth-order valence-corrected chi connectivity index (χ4v) is 3.56. The van der Waals surface area contributed by atoms with E-state index < -0.39 is 0 Å². The van der Waals surface area contributed by atoms with Crippen LogP contribution in [0.4, 0.5) is 5.69 Å². The van der Waals surface area contributed by atoms with Crippen molar-refractivity contribution in [3.8, 4) is 5.75 Å². The van der Waals surface area contributed by atoms with Gasteiger partial charge in [0.25, 0.3) is 0 Å². The zero-order valence-electron chi connectivity index (χ0n) is 13.7. The monoisotopic (exact) mass is 318 g/mol. The lowest BCUT2D eigenvalue weighted by Crippen LogP contribution is -2.57. The Morgan fingerprint density at radius 3 is 2.57 bits per heavy atom. The second kappa shape index (κ2) is 7.19. The van der Waals surface area contributed by atoms with Gasteiger partial charge >= 0.3 is 0 Å². The van der Waals surface area contributed by atoms with Crippen molar-refractivity contribution in [3.05, 3.63) is 24.3 Å². The molecule has 2 aliphatic heterocycles. The molecule has 2 atom stereocenters. The van der Waals surface area contributed by atoms with Gasteiger partial charge in [0.15, 0.2) is 0 Å². The van der Waals surface area contributed by atoms with E-state index in [1.807, 2.05) is 12.1 Å². The molecule has 2 fully saturated rings. The maximum absolute atomic E-state index is 11.2. The van der Waals surface area contributed by atoms with E-state index in [2.05, 4.69) is 27.2 Å². The van der Waals surface area contributed by atoms with Crippen LogP contribution in [-0.4, -0.2) is 56.8 Å². The highest BCUT2D eigenvalue weighted by atomic mass is 16.5. The fraction of sp³-hybridized carbons (Fsp3) is 0.588. The van der Waals surface area contributed by atoms with Crippen LogP contribution in [0, 0.1) is 5.92 Å². The molecule has 0 aliphatic carbocycles. The SMILES string of the molecule is COc1ccccc1N1CCN(C2CCC(C(N)=O)CN2)CC1. The maximum Gasteiger partial charge on any atom is 0.221 e. The van der Waals surface area contributed by atoms with Gasteiger partial charge in [-0.05, 0) is 25.0 Å². The summed E-state index contributed by atoms with van der Waals surface area (Å²) in [5.41, 5.74) is 6.56. The Morgan fingerprint density at radius 2 is 1.96 bits per heavy atom. The number of piperazine rings is 1. The number of hydrogen-bond acceptors (Lipinski definition) is 5. The second-order valence-corrected chi connectivity index (χ2v) is 6.30. The second-order valence-electron chi connectivity index (χ2n) is 6.30. The number of nitrogens with two attached hydrogens (primary N) is 1. The van der Waals surface area contributed by atoms with Gasteiger partial charge in [0.2, 0.25) is 5.91 Å². The van der Waals surface area contributed by atoms with Gasteiger partial charge in [-0.2, -0.15) is 0 Å². The molecule has 0 aromatic heterocycles. The summed E-state index contributed by atoms with van der Waals surface area (Å²) in [6, 6.07) is 8.18. The number of benzene rings is 1. The first-order chi connectivity index (χ1) is 11.2. The molecular formula is C17H26N4O2. The van der Waals surface area contributed by atoms with E-state index in [9.17, 15) is 4.79 Å². The first kappa shape index (κ1) is 16.1. The molecule has 2 saturated heterocycles. The van der Waals surface area contributed by atoms with Crippen LogP contribution < -0.4 is 20.7 Å². The van der Waals surface area contributed by atoms with Gasteiger partial charge in [-0.3, -0.25) is 9.69 Å². The average Bonchev–Trinajstić information content (AvgIpc) is 2.62. The van der Waals surface area contributed by atoms with Crippen molar-refractivity contribution in [3.63, 3.8) is 0 Å². The van der Waals surface area contributed by atoms with Crippen LogP contribution >= 0.6 is 0 Å². The van der Waals surface area contributed by atoms with Gasteiger partial charge in [-0.25, -0.2) is 0 Å². The predicted molar refractivity (Wildman–Crippen MR) is 90.5 cm³/mol. The Hall–Kier alpha value is -1.79. The van der Waals surface area contributed by atoms with E-state index in [1.165, 1.54) is 5.69 Å². The number of rotatable bonds is 4. The minimum Gasteiger partial charge on any atom is -0.495 e. The maximum atomic E-state index is 11.2. The van der Waals surface area contributed by atoms with E-state index in [0.717, 1.165) is 44.8 Å². The Morgan fingerprint density at radius 1 is 1.22 bits per heavy atom. The normalized spacial score (nSPS) is 26.0. The molecule has 2 unspecified atom stereocenters. The number of para-hydroxylation sites is 2. The highest BCUT2D eigenvalue weighted by Gasteiger charge is 2.30. The summed E-state index contributed by atoms with van der Waals surface area (Å²) >= 11 is 0. The van der Waals surface area contributed by atoms with Crippen LogP contribution in [0.1, 0.15) is 12.8 Å². The molecular weight excluding hydrogens is 292 g/mol. The van der Waals surface area contributed by atoms with Crippen molar-refractivity contribution in [1.82, 2.24) is 10.2 Å². The number of methoxy groups -OCH3 is 1. The van der Waals surface area contributed by atoms with E-state index >= 15 is 0 Å². The number of anilines is 1. The van der Waals surface area contributed by atoms with Crippen molar-refractivity contribution in [1.29, 1.82) is 0 Å². The number of hydrogen-bond donors (Lipinski definition) is 2. The summed E-state index contributed by atoms with van der Waals surface area (Å²) in [6.45, 7) is 4.69. The molecule has 1 amide bonds. The van der Waals surface area contributed by atoms with Gasteiger partial charge in [-0.1, -0.05) is 12.1 Å². The third kappa shape index (κ3) is 3.59. The number of carbonyl (C=O) groups excluding carboxylic acids is 1. The van der Waals surface area contributed by atoms with Crippen molar-refractivity contribution in [2.45, 2.75) is 19.0 Å². The van der Waals surface area contributed by atoms with Gasteiger partial charge < -0.3 is 20.7 Å². The number of piperidine rings is 1. The van der Waals surface area contributed by atoms with Crippen molar-refractivity contribution < 1.29 is 9.53 Å². The lowest BCUT2D eigenvalue weighted by atomic mass is 9.96. The summed E-state index contributed by atoms with van der Waals surface area (Å²) in [5, 5.41) is 3.48. The molecule has 23 heavy (non-hydrogen) atoms. The van der Waals surface area contributed by atoms with Crippen LogP contribution in [0.5, 0.6) is 5.75 Å². The van der Waals surface area contributed by atoms with Gasteiger partial charge in [-0.15, -0.1) is 0 Å². The van der Waals surface area contributed by atoms with Gasteiger partial charge in [0.05, 0.1) is 24.9 Å². The Bertz CT molecular complexity index is 535. The first-order valence-electron chi connectivity index (χ1n) is 8.33. The van der Waals surface area contributed by atoms with E-state index in [1.54, 1.807) is 7.11 Å². The summed E-state index contributed by atoms with van der Waals surface area (Å²) in [4.78, 5) is 16.1. The third-order valence-corrected chi connectivity index (χ3v) is 4.97. The molecule has 6 nitrogen and oxygen atoms in total. The van der Waals surface area contributed by atoms with Crippen LogP contribution in [0.25, 0.3) is 0 Å². The summed E-state index contributed by atoms with van der Waals surface area (Å²) in [5.74, 6) is 0.735. The molecule has 1 aromatic carbocycles. The molecule has 3 N–H and O–H groups in total. The Balaban J connectivity index is 1.54. The highest BCUT2D eigenvalue weighted by molar-refractivity contribution is 5.76. The van der Waals surface area contributed by atoms with Crippen molar-refractivity contribution in [2.75, 3.05) is 44.7 Å². The number of nitrogens with zero attached hydrogens (tertiary/aromatic N) is 2. The van der Waals surface area contributed by atoms with E-state index in [0.29, 0.717) is 12.7 Å². The van der Waals surface area contributed by atoms with E-state index in [-0.39, 0.29) is 11.8 Å². The number of ether oxygens (including phenoxy) is 1. The quantitative estimate of drug-likeness (QED) is 0.852. The third-order valence-electron chi connectivity index (χ3n) is 4.97. The first-order valence-corrected chi connectivity index (χ1v) is 8.33. The van der Waals surface area contributed by atoms with Crippen molar-refractivity contribution >= 4 is 11.6 Å². The molecule has 6 heteroatoms. The molecule has 3 rings (SSSR count). The van der Waals surface area contributed by atoms with Crippen LogP contribution in [0.3, 0.4) is 0 Å². The Kier molecular flexibility index (Phi) is 5.03. The molecule has 1 aromatic rings. The number of nitrogens with one attached hydrogen (secondary N) is 1. The smallest absolute Gasteiger partial charge is 0.221 e. The highest BCUT2D eigenvalue weighted by Crippen LogP contribution is 2.29. The number of primary amides is 1. The van der Waals surface area contributed by atoms with Crippen molar-refractivity contribution in [2.24, 2.45) is 11.7 Å². The average molecular weight is 318 g/mol. The number of carbonyl (C=O) groups is 1. The minimum atomic E-state index is -0.183. The predicted octanol–water partition coefficient (Wildman–Crippen LogP) is 0.628. The zero-order valence-corrected chi connectivity index (χ0v) is 13.7. The standard InChI is InChI=1S/C17H26N4O2/c1-23-15-5-3-2-4-14(15)20-8-10-21(11-9-20)16-7-6-13(12-19-16)17(18)22/h2-5,13,16,19H,6-12H2,1H3,(H2,18,22). The lowest BCUT2D eigenvalue weighted by molar-refractivity contribution is -0.122. The van der Waals surface area contributed by atoms with Crippen LogP contribution in [0.15, 0.2) is 24.3 Å². The van der Waals surface area contributed by atoms with Gasteiger partial charge in [0.1, 0.15) is 5.75 Å². The minimum absolute atomic E-state index is 0.0129. The largest absolute Gasteiger partial charge is 0.495 e. The fourth-order valence-electron chi connectivity index (χ4n) is 3.56. The van der Waals surface area contributed by atoms with E-state index in [4.69, 9.17) is 10.5 Å².